The Bertz CT molecular complexity index is 324. The van der Waals surface area contributed by atoms with E-state index >= 15 is 0 Å². The molecule has 1 N–H and O–H groups in total. The maximum atomic E-state index is 3.62. The lowest BCUT2D eigenvalue weighted by Gasteiger charge is -2.12. The third kappa shape index (κ3) is 7.48. The van der Waals surface area contributed by atoms with Gasteiger partial charge in [0, 0.05) is 15.4 Å². The molecule has 1 atom stereocenters. The third-order valence-corrected chi connectivity index (χ3v) is 5.57. The van der Waals surface area contributed by atoms with Gasteiger partial charge in [-0.15, -0.1) is 11.3 Å². The fourth-order valence-corrected chi connectivity index (χ4v) is 4.03. The number of hydrogen-bond acceptors (Lipinski definition) is 2. The van der Waals surface area contributed by atoms with Crippen LogP contribution in [0.15, 0.2) is 15.9 Å². The van der Waals surface area contributed by atoms with Gasteiger partial charge < -0.3 is 5.32 Å². The van der Waals surface area contributed by atoms with Crippen molar-refractivity contribution in [2.45, 2.75) is 71.3 Å². The summed E-state index contributed by atoms with van der Waals surface area (Å²) in [6.07, 6.45) is 11.1. The number of nitrogens with one attached hydrogen (secondary N) is 1. The van der Waals surface area contributed by atoms with Crippen LogP contribution >= 0.6 is 27.3 Å². The van der Waals surface area contributed by atoms with Gasteiger partial charge in [-0.2, -0.15) is 0 Å². The number of unbranched alkanes of at least 4 members (excludes halogenated alkanes) is 7. The van der Waals surface area contributed by atoms with Gasteiger partial charge in [0.15, 0.2) is 0 Å². The van der Waals surface area contributed by atoms with E-state index in [0.717, 1.165) is 6.54 Å². The predicted molar refractivity (Wildman–Crippen MR) is 91.0 cm³/mol. The Labute approximate surface area is 131 Å². The van der Waals surface area contributed by atoms with Crippen molar-refractivity contribution in [3.63, 3.8) is 0 Å². The van der Waals surface area contributed by atoms with E-state index in [0.29, 0.717) is 6.04 Å². The average Bonchev–Trinajstić information content (AvgIpc) is 2.83. The summed E-state index contributed by atoms with van der Waals surface area (Å²) in [5, 5.41) is 5.76. The zero-order valence-corrected chi connectivity index (χ0v) is 14.8. The van der Waals surface area contributed by atoms with Crippen molar-refractivity contribution in [3.05, 3.63) is 20.8 Å². The highest BCUT2D eigenvalue weighted by molar-refractivity contribution is 9.10. The van der Waals surface area contributed by atoms with Gasteiger partial charge in [-0.1, -0.05) is 51.9 Å². The zero-order chi connectivity index (χ0) is 13.9. The molecule has 1 aromatic rings. The second kappa shape index (κ2) is 10.9. The van der Waals surface area contributed by atoms with Crippen LogP contribution in [0, 0.1) is 0 Å². The molecule has 1 unspecified atom stereocenters. The van der Waals surface area contributed by atoms with Gasteiger partial charge in [0.25, 0.3) is 0 Å². The summed E-state index contributed by atoms with van der Waals surface area (Å²) in [6, 6.07) is 2.60. The molecule has 0 radical (unpaired) electrons. The van der Waals surface area contributed by atoms with E-state index in [1.807, 2.05) is 11.3 Å². The normalized spacial score (nSPS) is 12.8. The van der Waals surface area contributed by atoms with Gasteiger partial charge in [0.1, 0.15) is 0 Å². The molecule has 1 heterocycles. The molecule has 0 amide bonds. The molecule has 0 fully saturated rings. The van der Waals surface area contributed by atoms with Crippen molar-refractivity contribution in [2.24, 2.45) is 0 Å². The molecule has 0 aliphatic heterocycles. The maximum absolute atomic E-state index is 3.62. The van der Waals surface area contributed by atoms with E-state index in [9.17, 15) is 0 Å². The first-order valence-electron chi connectivity index (χ1n) is 7.72. The van der Waals surface area contributed by atoms with E-state index in [-0.39, 0.29) is 0 Å². The van der Waals surface area contributed by atoms with Crippen molar-refractivity contribution in [3.8, 4) is 0 Å². The van der Waals surface area contributed by atoms with E-state index in [1.54, 1.807) is 0 Å². The molecule has 0 spiro atoms. The van der Waals surface area contributed by atoms with Gasteiger partial charge in [-0.25, -0.2) is 0 Å². The lowest BCUT2D eigenvalue weighted by Crippen LogP contribution is -2.19. The highest BCUT2D eigenvalue weighted by Crippen LogP contribution is 2.28. The van der Waals surface area contributed by atoms with Gasteiger partial charge in [-0.05, 0) is 47.3 Å². The first-order chi connectivity index (χ1) is 9.25. The minimum absolute atomic E-state index is 0.471. The highest BCUT2D eigenvalue weighted by Gasteiger charge is 2.09. The predicted octanol–water partition coefficient (Wildman–Crippen LogP) is 6.30. The Balaban J connectivity index is 1.95. The minimum atomic E-state index is 0.471. The van der Waals surface area contributed by atoms with Gasteiger partial charge in [-0.3, -0.25) is 0 Å². The van der Waals surface area contributed by atoms with Crippen LogP contribution < -0.4 is 5.32 Å². The lowest BCUT2D eigenvalue weighted by atomic mass is 10.1. The lowest BCUT2D eigenvalue weighted by molar-refractivity contribution is 0.524. The molecule has 110 valence electrons. The maximum Gasteiger partial charge on any atom is 0.0397 e. The molecule has 0 aliphatic rings. The molecular weight excluding hydrogens is 318 g/mol. The molecule has 0 aromatic carbocycles. The summed E-state index contributed by atoms with van der Waals surface area (Å²) in [6.45, 7) is 5.67. The summed E-state index contributed by atoms with van der Waals surface area (Å²) >= 11 is 5.43. The quantitative estimate of drug-likeness (QED) is 0.464. The topological polar surface area (TPSA) is 12.0 Å². The summed E-state index contributed by atoms with van der Waals surface area (Å²) in [4.78, 5) is 1.42. The Morgan fingerprint density at radius 2 is 1.74 bits per heavy atom. The summed E-state index contributed by atoms with van der Waals surface area (Å²) < 4.78 is 1.24. The summed E-state index contributed by atoms with van der Waals surface area (Å²) in [5.74, 6) is 0. The molecule has 1 aromatic heterocycles. The molecule has 3 heteroatoms. The molecule has 0 saturated carbocycles. The summed E-state index contributed by atoms with van der Waals surface area (Å²) in [7, 11) is 0. The van der Waals surface area contributed by atoms with E-state index in [2.05, 4.69) is 46.5 Å². The Kier molecular flexibility index (Phi) is 9.84. The van der Waals surface area contributed by atoms with Crippen LogP contribution in [0.3, 0.4) is 0 Å². The van der Waals surface area contributed by atoms with Crippen molar-refractivity contribution in [1.29, 1.82) is 0 Å². The van der Waals surface area contributed by atoms with Crippen molar-refractivity contribution >= 4 is 27.3 Å². The minimum Gasteiger partial charge on any atom is -0.309 e. The first kappa shape index (κ1) is 17.2. The van der Waals surface area contributed by atoms with Crippen molar-refractivity contribution < 1.29 is 0 Å². The fourth-order valence-electron chi connectivity index (χ4n) is 2.28. The summed E-state index contributed by atoms with van der Waals surface area (Å²) in [5.41, 5.74) is 0. The fraction of sp³-hybridized carbons (Fsp3) is 0.750. The molecular formula is C16H28BrNS. The number of hydrogen-bond donors (Lipinski definition) is 1. The van der Waals surface area contributed by atoms with Gasteiger partial charge >= 0.3 is 0 Å². The van der Waals surface area contributed by atoms with Crippen molar-refractivity contribution in [1.82, 2.24) is 5.32 Å². The third-order valence-electron chi connectivity index (χ3n) is 3.52. The Hall–Kier alpha value is 0.140. The SMILES string of the molecule is CCCCCCCCCCNC(C)c1sccc1Br. The molecule has 19 heavy (non-hydrogen) atoms. The van der Waals surface area contributed by atoms with Crippen LogP contribution in [0.4, 0.5) is 0 Å². The Morgan fingerprint density at radius 1 is 1.11 bits per heavy atom. The average molecular weight is 346 g/mol. The highest BCUT2D eigenvalue weighted by atomic mass is 79.9. The van der Waals surface area contributed by atoms with Gasteiger partial charge in [0.05, 0.1) is 0 Å². The van der Waals surface area contributed by atoms with Crippen LogP contribution in [0.1, 0.15) is 76.1 Å². The number of thiophene rings is 1. The van der Waals surface area contributed by atoms with Crippen LogP contribution in [-0.2, 0) is 0 Å². The number of rotatable bonds is 11. The van der Waals surface area contributed by atoms with Crippen molar-refractivity contribution in [2.75, 3.05) is 6.54 Å². The van der Waals surface area contributed by atoms with Crippen LogP contribution in [-0.4, -0.2) is 6.54 Å². The molecule has 0 aliphatic carbocycles. The zero-order valence-electron chi connectivity index (χ0n) is 12.4. The first-order valence-corrected chi connectivity index (χ1v) is 9.39. The molecule has 0 saturated heterocycles. The number of halogens is 1. The smallest absolute Gasteiger partial charge is 0.0397 e. The van der Waals surface area contributed by atoms with Gasteiger partial charge in [0.2, 0.25) is 0 Å². The second-order valence-electron chi connectivity index (χ2n) is 5.28. The van der Waals surface area contributed by atoms with Crippen LogP contribution in [0.5, 0.6) is 0 Å². The molecule has 1 nitrogen and oxygen atoms in total. The standard InChI is InChI=1S/C16H28BrNS/c1-3-4-5-6-7-8-9-10-12-18-14(2)16-15(17)11-13-19-16/h11,13-14,18H,3-10,12H2,1-2H3. The monoisotopic (exact) mass is 345 g/mol. The van der Waals surface area contributed by atoms with Crippen LogP contribution in [0.2, 0.25) is 0 Å². The van der Waals surface area contributed by atoms with E-state index in [1.165, 1.54) is 60.7 Å². The molecule has 0 bridgehead atoms. The second-order valence-corrected chi connectivity index (χ2v) is 7.09. The van der Waals surface area contributed by atoms with Crippen LogP contribution in [0.25, 0.3) is 0 Å². The van der Waals surface area contributed by atoms with E-state index in [4.69, 9.17) is 0 Å². The molecule has 1 rings (SSSR count). The van der Waals surface area contributed by atoms with E-state index < -0.39 is 0 Å². The largest absolute Gasteiger partial charge is 0.309 e. The Morgan fingerprint density at radius 3 is 2.32 bits per heavy atom.